The summed E-state index contributed by atoms with van der Waals surface area (Å²) < 4.78 is 5.59. The van der Waals surface area contributed by atoms with Gasteiger partial charge in [-0.05, 0) is 23.1 Å². The standard InChI is InChI=1S/C21H22O5/c22-20(23)8-4-5-13-26-19(15-21(24)25)14-16-9-11-18(12-10-16)17-6-2-1-3-7-17/h1-7,9-12,19H,8,13-15H2,(H,22,23)(H,24,25)/b5-4+. The van der Waals surface area contributed by atoms with Gasteiger partial charge in [-0.3, -0.25) is 9.59 Å². The molecule has 0 bridgehead atoms. The molecule has 136 valence electrons. The van der Waals surface area contributed by atoms with Crippen molar-refractivity contribution in [2.75, 3.05) is 6.61 Å². The fourth-order valence-corrected chi connectivity index (χ4v) is 2.56. The summed E-state index contributed by atoms with van der Waals surface area (Å²) in [7, 11) is 0. The van der Waals surface area contributed by atoms with Crippen LogP contribution in [0.15, 0.2) is 66.7 Å². The van der Waals surface area contributed by atoms with Gasteiger partial charge in [-0.2, -0.15) is 0 Å². The lowest BCUT2D eigenvalue weighted by molar-refractivity contribution is -0.140. The molecule has 0 heterocycles. The SMILES string of the molecule is O=C(O)C/C=C/COC(CC(=O)O)Cc1ccc(-c2ccccc2)cc1. The third kappa shape index (κ3) is 6.91. The van der Waals surface area contributed by atoms with E-state index in [4.69, 9.17) is 14.9 Å². The third-order valence-corrected chi connectivity index (χ3v) is 3.81. The van der Waals surface area contributed by atoms with E-state index in [2.05, 4.69) is 0 Å². The van der Waals surface area contributed by atoms with E-state index in [-0.39, 0.29) is 19.4 Å². The minimum Gasteiger partial charge on any atom is -0.481 e. The minimum atomic E-state index is -0.926. The molecule has 0 amide bonds. The Hall–Kier alpha value is -2.92. The molecule has 0 fully saturated rings. The van der Waals surface area contributed by atoms with Gasteiger partial charge in [0.05, 0.1) is 25.6 Å². The Labute approximate surface area is 152 Å². The van der Waals surface area contributed by atoms with Gasteiger partial charge in [0.1, 0.15) is 0 Å². The summed E-state index contributed by atoms with van der Waals surface area (Å²) >= 11 is 0. The molecule has 0 saturated heterocycles. The first-order valence-electron chi connectivity index (χ1n) is 8.39. The molecule has 0 aromatic heterocycles. The molecule has 2 rings (SSSR count). The van der Waals surface area contributed by atoms with Crippen molar-refractivity contribution in [1.82, 2.24) is 0 Å². The molecular weight excluding hydrogens is 332 g/mol. The van der Waals surface area contributed by atoms with Gasteiger partial charge in [-0.1, -0.05) is 66.7 Å². The highest BCUT2D eigenvalue weighted by atomic mass is 16.5. The van der Waals surface area contributed by atoms with Crippen molar-refractivity contribution in [1.29, 1.82) is 0 Å². The highest BCUT2D eigenvalue weighted by Crippen LogP contribution is 2.20. The van der Waals surface area contributed by atoms with E-state index in [1.54, 1.807) is 6.08 Å². The molecule has 26 heavy (non-hydrogen) atoms. The van der Waals surface area contributed by atoms with E-state index in [1.807, 2.05) is 54.6 Å². The number of carboxylic acids is 2. The van der Waals surface area contributed by atoms with Gasteiger partial charge >= 0.3 is 11.9 Å². The molecule has 5 heteroatoms. The summed E-state index contributed by atoms with van der Waals surface area (Å²) in [6.07, 6.45) is 2.93. The Morgan fingerprint density at radius 3 is 2.15 bits per heavy atom. The van der Waals surface area contributed by atoms with Crippen LogP contribution in [0.25, 0.3) is 11.1 Å². The molecular formula is C21H22O5. The number of benzene rings is 2. The zero-order chi connectivity index (χ0) is 18.8. The van der Waals surface area contributed by atoms with Crippen molar-refractivity contribution in [2.24, 2.45) is 0 Å². The van der Waals surface area contributed by atoms with Crippen LogP contribution in [0.2, 0.25) is 0 Å². The zero-order valence-electron chi connectivity index (χ0n) is 14.4. The van der Waals surface area contributed by atoms with Crippen LogP contribution in [-0.4, -0.2) is 34.9 Å². The first kappa shape index (κ1) is 19.4. The Kier molecular flexibility index (Phi) is 7.58. The van der Waals surface area contributed by atoms with E-state index >= 15 is 0 Å². The second kappa shape index (κ2) is 10.2. The molecule has 1 atom stereocenters. The number of carbonyl (C=O) groups is 2. The molecule has 0 spiro atoms. The Balaban J connectivity index is 1.95. The van der Waals surface area contributed by atoms with E-state index in [0.717, 1.165) is 16.7 Å². The minimum absolute atomic E-state index is 0.0755. The van der Waals surface area contributed by atoms with Crippen LogP contribution in [0.3, 0.4) is 0 Å². The van der Waals surface area contributed by atoms with Crippen molar-refractivity contribution in [3.05, 3.63) is 72.3 Å². The maximum atomic E-state index is 11.0. The van der Waals surface area contributed by atoms with Crippen LogP contribution in [0.1, 0.15) is 18.4 Å². The Morgan fingerprint density at radius 2 is 1.54 bits per heavy atom. The topological polar surface area (TPSA) is 83.8 Å². The lowest BCUT2D eigenvalue weighted by Gasteiger charge is -2.15. The van der Waals surface area contributed by atoms with Crippen molar-refractivity contribution < 1.29 is 24.5 Å². The molecule has 5 nitrogen and oxygen atoms in total. The lowest BCUT2D eigenvalue weighted by Crippen LogP contribution is -2.20. The predicted molar refractivity (Wildman–Crippen MR) is 99.0 cm³/mol. The molecule has 0 saturated carbocycles. The number of hydrogen-bond donors (Lipinski definition) is 2. The highest BCUT2D eigenvalue weighted by molar-refractivity contribution is 5.68. The van der Waals surface area contributed by atoms with E-state index in [1.165, 1.54) is 6.08 Å². The van der Waals surface area contributed by atoms with Gasteiger partial charge in [0.25, 0.3) is 0 Å². The summed E-state index contributed by atoms with van der Waals surface area (Å²) in [5, 5.41) is 17.6. The fraction of sp³-hybridized carbons (Fsp3) is 0.238. The van der Waals surface area contributed by atoms with Crippen LogP contribution < -0.4 is 0 Å². The van der Waals surface area contributed by atoms with Gasteiger partial charge in [-0.25, -0.2) is 0 Å². The van der Waals surface area contributed by atoms with E-state index < -0.39 is 18.0 Å². The van der Waals surface area contributed by atoms with Gasteiger partial charge in [0.15, 0.2) is 0 Å². The highest BCUT2D eigenvalue weighted by Gasteiger charge is 2.14. The number of ether oxygens (including phenoxy) is 1. The molecule has 0 aliphatic heterocycles. The molecule has 1 unspecified atom stereocenters. The van der Waals surface area contributed by atoms with Crippen molar-refractivity contribution in [3.63, 3.8) is 0 Å². The monoisotopic (exact) mass is 354 g/mol. The second-order valence-electron chi connectivity index (χ2n) is 5.89. The molecule has 0 aliphatic rings. The van der Waals surface area contributed by atoms with Crippen molar-refractivity contribution in [2.45, 2.75) is 25.4 Å². The van der Waals surface area contributed by atoms with E-state index in [0.29, 0.717) is 6.42 Å². The Morgan fingerprint density at radius 1 is 0.885 bits per heavy atom. The average Bonchev–Trinajstić information content (AvgIpc) is 2.62. The summed E-state index contributed by atoms with van der Waals surface area (Å²) in [4.78, 5) is 21.5. The third-order valence-electron chi connectivity index (χ3n) is 3.81. The molecule has 2 N–H and O–H groups in total. The zero-order valence-corrected chi connectivity index (χ0v) is 14.4. The number of aliphatic carboxylic acids is 2. The number of hydrogen-bond acceptors (Lipinski definition) is 3. The van der Waals surface area contributed by atoms with Gasteiger partial charge in [-0.15, -0.1) is 0 Å². The average molecular weight is 354 g/mol. The quantitative estimate of drug-likeness (QED) is 0.634. The van der Waals surface area contributed by atoms with Crippen LogP contribution in [0, 0.1) is 0 Å². The Bertz CT molecular complexity index is 735. The summed E-state index contributed by atoms with van der Waals surface area (Å²) in [5.41, 5.74) is 3.22. The smallest absolute Gasteiger partial charge is 0.307 e. The van der Waals surface area contributed by atoms with E-state index in [9.17, 15) is 9.59 Å². The fourth-order valence-electron chi connectivity index (χ4n) is 2.56. The summed E-state index contributed by atoms with van der Waals surface area (Å²) in [6, 6.07) is 18.0. The predicted octanol–water partition coefficient (Wildman–Crippen LogP) is 3.79. The maximum absolute atomic E-state index is 11.0. The van der Waals surface area contributed by atoms with Crippen LogP contribution >= 0.6 is 0 Å². The maximum Gasteiger partial charge on any atom is 0.307 e. The lowest BCUT2D eigenvalue weighted by atomic mass is 10.0. The first-order valence-corrected chi connectivity index (χ1v) is 8.39. The van der Waals surface area contributed by atoms with Crippen LogP contribution in [0.5, 0.6) is 0 Å². The van der Waals surface area contributed by atoms with Crippen molar-refractivity contribution in [3.8, 4) is 11.1 Å². The molecule has 0 aliphatic carbocycles. The van der Waals surface area contributed by atoms with Gasteiger partial charge in [0.2, 0.25) is 0 Å². The van der Waals surface area contributed by atoms with Gasteiger partial charge in [0, 0.05) is 0 Å². The molecule has 2 aromatic rings. The number of rotatable bonds is 10. The largest absolute Gasteiger partial charge is 0.481 e. The van der Waals surface area contributed by atoms with Crippen LogP contribution in [-0.2, 0) is 20.7 Å². The second-order valence-corrected chi connectivity index (χ2v) is 5.89. The van der Waals surface area contributed by atoms with Crippen LogP contribution in [0.4, 0.5) is 0 Å². The summed E-state index contributed by atoms with van der Waals surface area (Å²) in [6.45, 7) is 0.188. The molecule has 2 aromatic carbocycles. The molecule has 0 radical (unpaired) electrons. The first-order chi connectivity index (χ1) is 12.5. The van der Waals surface area contributed by atoms with Crippen molar-refractivity contribution >= 4 is 11.9 Å². The normalized spacial score (nSPS) is 12.2. The number of carboxylic acid groups (broad SMARTS) is 2. The summed E-state index contributed by atoms with van der Waals surface area (Å²) in [5.74, 6) is -1.84. The van der Waals surface area contributed by atoms with Gasteiger partial charge < -0.3 is 14.9 Å².